The van der Waals surface area contributed by atoms with E-state index in [1.165, 1.54) is 23.5 Å². The first-order valence-corrected chi connectivity index (χ1v) is 5.13. The van der Waals surface area contributed by atoms with E-state index in [1.54, 1.807) is 23.7 Å². The quantitative estimate of drug-likeness (QED) is 0.814. The monoisotopic (exact) mass is 220 g/mol. The van der Waals surface area contributed by atoms with Crippen LogP contribution in [0.15, 0.2) is 35.8 Å². The van der Waals surface area contributed by atoms with Crippen LogP contribution in [0.2, 0.25) is 0 Å². The maximum atomic E-state index is 11.6. The highest BCUT2D eigenvalue weighted by atomic mass is 32.1. The maximum Gasteiger partial charge on any atom is 0.257 e. The number of aromatic nitrogens is 1. The van der Waals surface area contributed by atoms with Crippen LogP contribution in [-0.4, -0.2) is 16.0 Å². The highest BCUT2D eigenvalue weighted by Gasteiger charge is 2.06. The normalized spacial score (nSPS) is 9.87. The van der Waals surface area contributed by atoms with Gasteiger partial charge in [0.2, 0.25) is 0 Å². The van der Waals surface area contributed by atoms with Gasteiger partial charge < -0.3 is 5.11 Å². The summed E-state index contributed by atoms with van der Waals surface area (Å²) in [5, 5.41) is 14.0. The molecule has 1 heterocycles. The number of thiazole rings is 1. The van der Waals surface area contributed by atoms with Crippen molar-refractivity contribution in [1.29, 1.82) is 0 Å². The van der Waals surface area contributed by atoms with Crippen molar-refractivity contribution in [3.8, 4) is 5.75 Å². The standard InChI is InChI=1S/C10H8N2O2S/c13-8-3-1-7(2-4-8)9(14)12-10-11-5-6-15-10/h1-6,13H,(H,11,12,14). The molecule has 2 rings (SSSR count). The molecule has 0 saturated heterocycles. The van der Waals surface area contributed by atoms with E-state index in [4.69, 9.17) is 5.11 Å². The lowest BCUT2D eigenvalue weighted by molar-refractivity contribution is 0.102. The number of amides is 1. The number of phenolic OH excluding ortho intramolecular Hbond substituents is 1. The van der Waals surface area contributed by atoms with Crippen LogP contribution in [0.4, 0.5) is 5.13 Å². The van der Waals surface area contributed by atoms with Crippen molar-refractivity contribution in [3.05, 3.63) is 41.4 Å². The number of nitrogens with zero attached hydrogens (tertiary/aromatic N) is 1. The smallest absolute Gasteiger partial charge is 0.257 e. The topological polar surface area (TPSA) is 62.2 Å². The minimum atomic E-state index is -0.232. The summed E-state index contributed by atoms with van der Waals surface area (Å²) >= 11 is 1.36. The van der Waals surface area contributed by atoms with Gasteiger partial charge in [-0.3, -0.25) is 10.1 Å². The van der Waals surface area contributed by atoms with E-state index in [0.29, 0.717) is 10.7 Å². The molecule has 1 aromatic heterocycles. The second-order valence-electron chi connectivity index (χ2n) is 2.84. The number of benzene rings is 1. The summed E-state index contributed by atoms with van der Waals surface area (Å²) in [6.45, 7) is 0. The molecule has 0 aliphatic rings. The third-order valence-electron chi connectivity index (χ3n) is 1.78. The summed E-state index contributed by atoms with van der Waals surface area (Å²) < 4.78 is 0. The van der Waals surface area contributed by atoms with Gasteiger partial charge in [-0.15, -0.1) is 11.3 Å². The van der Waals surface area contributed by atoms with Crippen LogP contribution in [0, 0.1) is 0 Å². The number of anilines is 1. The molecule has 0 atom stereocenters. The lowest BCUT2D eigenvalue weighted by Crippen LogP contribution is -2.11. The third kappa shape index (κ3) is 2.32. The van der Waals surface area contributed by atoms with E-state index < -0.39 is 0 Å². The molecule has 0 aliphatic carbocycles. The third-order valence-corrected chi connectivity index (χ3v) is 2.47. The van der Waals surface area contributed by atoms with E-state index in [2.05, 4.69) is 10.3 Å². The van der Waals surface area contributed by atoms with Crippen LogP contribution in [-0.2, 0) is 0 Å². The number of aromatic hydroxyl groups is 1. The van der Waals surface area contributed by atoms with E-state index in [-0.39, 0.29) is 11.7 Å². The molecule has 76 valence electrons. The van der Waals surface area contributed by atoms with Gasteiger partial charge in [0.05, 0.1) is 0 Å². The molecule has 1 aromatic carbocycles. The molecule has 0 aliphatic heterocycles. The van der Waals surface area contributed by atoms with Crippen molar-refractivity contribution in [3.63, 3.8) is 0 Å². The van der Waals surface area contributed by atoms with Crippen LogP contribution < -0.4 is 5.32 Å². The summed E-state index contributed by atoms with van der Waals surface area (Å²) in [6.07, 6.45) is 1.62. The van der Waals surface area contributed by atoms with Gasteiger partial charge in [0.25, 0.3) is 5.91 Å². The first kappa shape index (κ1) is 9.67. The van der Waals surface area contributed by atoms with Crippen LogP contribution in [0.25, 0.3) is 0 Å². The van der Waals surface area contributed by atoms with E-state index in [0.717, 1.165) is 0 Å². The average Bonchev–Trinajstić information content (AvgIpc) is 2.71. The lowest BCUT2D eigenvalue weighted by Gasteiger charge is -2.01. The fourth-order valence-electron chi connectivity index (χ4n) is 1.07. The lowest BCUT2D eigenvalue weighted by atomic mass is 10.2. The Balaban J connectivity index is 2.11. The van der Waals surface area contributed by atoms with Crippen LogP contribution in [0.5, 0.6) is 5.75 Å². The largest absolute Gasteiger partial charge is 0.508 e. The fourth-order valence-corrected chi connectivity index (χ4v) is 1.59. The number of carbonyl (C=O) groups excluding carboxylic acids is 1. The summed E-state index contributed by atoms with van der Waals surface area (Å²) in [7, 11) is 0. The molecule has 0 bridgehead atoms. The Morgan fingerprint density at radius 1 is 1.33 bits per heavy atom. The minimum Gasteiger partial charge on any atom is -0.508 e. The van der Waals surface area contributed by atoms with Gasteiger partial charge in [0, 0.05) is 17.1 Å². The first-order valence-electron chi connectivity index (χ1n) is 4.25. The van der Waals surface area contributed by atoms with Crippen molar-refractivity contribution in [2.75, 3.05) is 5.32 Å². The number of phenols is 1. The molecule has 0 unspecified atom stereocenters. The van der Waals surface area contributed by atoms with Gasteiger partial charge in [0.1, 0.15) is 5.75 Å². The van der Waals surface area contributed by atoms with Crippen molar-refractivity contribution in [2.24, 2.45) is 0 Å². The van der Waals surface area contributed by atoms with Crippen LogP contribution in [0.1, 0.15) is 10.4 Å². The summed E-state index contributed by atoms with van der Waals surface area (Å²) in [6, 6.07) is 6.05. The number of hydrogen-bond donors (Lipinski definition) is 2. The molecule has 0 radical (unpaired) electrons. The average molecular weight is 220 g/mol. The van der Waals surface area contributed by atoms with Crippen molar-refractivity contribution in [1.82, 2.24) is 4.98 Å². The SMILES string of the molecule is O=C(Nc1nccs1)c1ccc(O)cc1. The van der Waals surface area contributed by atoms with Gasteiger partial charge in [0.15, 0.2) is 5.13 Å². The van der Waals surface area contributed by atoms with E-state index in [1.807, 2.05) is 0 Å². The van der Waals surface area contributed by atoms with Gasteiger partial charge in [-0.2, -0.15) is 0 Å². The highest BCUT2D eigenvalue weighted by molar-refractivity contribution is 7.13. The Bertz CT molecular complexity index is 451. The molecular formula is C10H8N2O2S. The summed E-state index contributed by atoms with van der Waals surface area (Å²) in [5.74, 6) is -0.0919. The Hall–Kier alpha value is -1.88. The minimum absolute atomic E-state index is 0.140. The van der Waals surface area contributed by atoms with Crippen molar-refractivity contribution in [2.45, 2.75) is 0 Å². The van der Waals surface area contributed by atoms with E-state index in [9.17, 15) is 4.79 Å². The first-order chi connectivity index (χ1) is 7.25. The van der Waals surface area contributed by atoms with E-state index >= 15 is 0 Å². The zero-order chi connectivity index (χ0) is 10.7. The molecule has 2 N–H and O–H groups in total. The highest BCUT2D eigenvalue weighted by Crippen LogP contribution is 2.14. The number of rotatable bonds is 2. The Morgan fingerprint density at radius 2 is 2.07 bits per heavy atom. The molecule has 5 heteroatoms. The molecule has 0 spiro atoms. The molecule has 0 fully saturated rings. The Morgan fingerprint density at radius 3 is 2.67 bits per heavy atom. The number of nitrogens with one attached hydrogen (secondary N) is 1. The van der Waals surface area contributed by atoms with Crippen molar-refractivity contribution >= 4 is 22.4 Å². The predicted octanol–water partition coefficient (Wildman–Crippen LogP) is 2.10. The molecule has 15 heavy (non-hydrogen) atoms. The molecule has 0 saturated carbocycles. The summed E-state index contributed by atoms with van der Waals surface area (Å²) in [4.78, 5) is 15.5. The molecule has 2 aromatic rings. The molecule has 1 amide bonds. The second kappa shape index (κ2) is 4.10. The predicted molar refractivity (Wildman–Crippen MR) is 58.2 cm³/mol. The fraction of sp³-hybridized carbons (Fsp3) is 0. The van der Waals surface area contributed by atoms with Gasteiger partial charge in [-0.1, -0.05) is 0 Å². The molecule has 4 nitrogen and oxygen atoms in total. The Labute approximate surface area is 90.2 Å². The number of hydrogen-bond acceptors (Lipinski definition) is 4. The zero-order valence-corrected chi connectivity index (χ0v) is 8.49. The van der Waals surface area contributed by atoms with Gasteiger partial charge >= 0.3 is 0 Å². The van der Waals surface area contributed by atoms with Gasteiger partial charge in [-0.05, 0) is 24.3 Å². The summed E-state index contributed by atoms with van der Waals surface area (Å²) in [5.41, 5.74) is 0.489. The Kier molecular flexibility index (Phi) is 2.64. The number of carbonyl (C=O) groups is 1. The molecular weight excluding hydrogens is 212 g/mol. The van der Waals surface area contributed by atoms with Gasteiger partial charge in [-0.25, -0.2) is 4.98 Å². The van der Waals surface area contributed by atoms with Crippen LogP contribution in [0.3, 0.4) is 0 Å². The van der Waals surface area contributed by atoms with Crippen molar-refractivity contribution < 1.29 is 9.90 Å². The maximum absolute atomic E-state index is 11.6. The second-order valence-corrected chi connectivity index (χ2v) is 3.73. The van der Waals surface area contributed by atoms with Crippen LogP contribution >= 0.6 is 11.3 Å². The zero-order valence-electron chi connectivity index (χ0n) is 7.68.